The van der Waals surface area contributed by atoms with Gasteiger partial charge in [0.25, 0.3) is 5.56 Å². The second-order valence-corrected chi connectivity index (χ2v) is 9.69. The lowest BCUT2D eigenvalue weighted by molar-refractivity contribution is 0.107. The standard InChI is InChI=1S/C21H35N5OS/c1-23-7-3-2-4-19(23)5-8-24-9-11-25(12-10-24)13-14-26-21(27)16-18-17-28-15-6-20(18)22-26/h16,19H,2-15,17H2,1H3. The summed E-state index contributed by atoms with van der Waals surface area (Å²) in [5.74, 6) is 2.06. The molecule has 1 aromatic heterocycles. The zero-order valence-corrected chi connectivity index (χ0v) is 18.1. The molecular weight excluding hydrogens is 370 g/mol. The minimum Gasteiger partial charge on any atom is -0.303 e. The fraction of sp³-hybridized carbons (Fsp3) is 0.810. The number of likely N-dealkylation sites (tertiary alicyclic amines) is 1. The fourth-order valence-corrected chi connectivity index (χ4v) is 5.68. The number of fused-ring (bicyclic) bond motifs is 1. The van der Waals surface area contributed by atoms with E-state index in [2.05, 4.69) is 26.8 Å². The van der Waals surface area contributed by atoms with Crippen molar-refractivity contribution in [2.45, 2.75) is 50.4 Å². The van der Waals surface area contributed by atoms with E-state index in [0.717, 1.165) is 67.9 Å². The molecule has 0 aliphatic carbocycles. The molecule has 1 atom stereocenters. The van der Waals surface area contributed by atoms with E-state index in [9.17, 15) is 4.79 Å². The van der Waals surface area contributed by atoms with Gasteiger partial charge in [0.15, 0.2) is 0 Å². The third kappa shape index (κ3) is 5.17. The highest BCUT2D eigenvalue weighted by Crippen LogP contribution is 2.21. The van der Waals surface area contributed by atoms with E-state index >= 15 is 0 Å². The number of piperidine rings is 1. The summed E-state index contributed by atoms with van der Waals surface area (Å²) in [6.45, 7) is 8.67. The fourth-order valence-electron chi connectivity index (χ4n) is 4.73. The van der Waals surface area contributed by atoms with Gasteiger partial charge in [-0.2, -0.15) is 16.9 Å². The highest BCUT2D eigenvalue weighted by atomic mass is 32.2. The first kappa shape index (κ1) is 20.4. The Balaban J connectivity index is 1.20. The number of hydrogen-bond acceptors (Lipinski definition) is 6. The Morgan fingerprint density at radius 1 is 1.07 bits per heavy atom. The molecule has 0 N–H and O–H groups in total. The van der Waals surface area contributed by atoms with Gasteiger partial charge in [-0.15, -0.1) is 0 Å². The van der Waals surface area contributed by atoms with Crippen LogP contribution < -0.4 is 5.56 Å². The van der Waals surface area contributed by atoms with Crippen molar-refractivity contribution in [3.63, 3.8) is 0 Å². The molecule has 0 amide bonds. The van der Waals surface area contributed by atoms with Gasteiger partial charge < -0.3 is 9.80 Å². The molecular formula is C21H35N5OS. The van der Waals surface area contributed by atoms with Crippen LogP contribution in [0.3, 0.4) is 0 Å². The van der Waals surface area contributed by atoms with Crippen molar-refractivity contribution in [1.82, 2.24) is 24.5 Å². The Morgan fingerprint density at radius 2 is 1.86 bits per heavy atom. The quantitative estimate of drug-likeness (QED) is 0.715. The van der Waals surface area contributed by atoms with Gasteiger partial charge >= 0.3 is 0 Å². The largest absolute Gasteiger partial charge is 0.303 e. The molecule has 0 saturated carbocycles. The molecule has 7 heteroatoms. The van der Waals surface area contributed by atoms with Crippen LogP contribution in [0.1, 0.15) is 36.9 Å². The van der Waals surface area contributed by atoms with Gasteiger partial charge in [0, 0.05) is 57.0 Å². The van der Waals surface area contributed by atoms with Gasteiger partial charge in [0.05, 0.1) is 12.2 Å². The number of rotatable bonds is 6. The van der Waals surface area contributed by atoms with E-state index in [0.29, 0.717) is 6.54 Å². The second kappa shape index (κ2) is 9.74. The number of nitrogens with zero attached hydrogens (tertiary/aromatic N) is 5. The second-order valence-electron chi connectivity index (χ2n) is 8.58. The molecule has 0 spiro atoms. The highest BCUT2D eigenvalue weighted by Gasteiger charge is 2.22. The molecule has 0 radical (unpaired) electrons. The molecule has 6 nitrogen and oxygen atoms in total. The van der Waals surface area contributed by atoms with Gasteiger partial charge in [-0.3, -0.25) is 9.69 Å². The van der Waals surface area contributed by atoms with E-state index in [1.165, 1.54) is 38.8 Å². The average Bonchev–Trinajstić information content (AvgIpc) is 2.72. The smallest absolute Gasteiger partial charge is 0.267 e. The zero-order chi connectivity index (χ0) is 19.3. The lowest BCUT2D eigenvalue weighted by Gasteiger charge is -2.37. The Hall–Kier alpha value is -0.890. The van der Waals surface area contributed by atoms with Crippen LogP contribution in [0.25, 0.3) is 0 Å². The molecule has 3 aliphatic rings. The van der Waals surface area contributed by atoms with E-state index in [4.69, 9.17) is 0 Å². The molecule has 4 rings (SSSR count). The van der Waals surface area contributed by atoms with Crippen LogP contribution in [0.2, 0.25) is 0 Å². The van der Waals surface area contributed by atoms with Crippen LogP contribution in [-0.2, 0) is 18.7 Å². The molecule has 0 aromatic carbocycles. The topological polar surface area (TPSA) is 44.6 Å². The molecule has 1 unspecified atom stereocenters. The van der Waals surface area contributed by atoms with Crippen molar-refractivity contribution >= 4 is 11.8 Å². The van der Waals surface area contributed by atoms with Crippen LogP contribution in [0, 0.1) is 0 Å². The van der Waals surface area contributed by atoms with Crippen LogP contribution in [0.5, 0.6) is 0 Å². The van der Waals surface area contributed by atoms with Crippen molar-refractivity contribution in [1.29, 1.82) is 0 Å². The minimum atomic E-state index is 0.0662. The third-order valence-corrected chi connectivity index (χ3v) is 7.71. The molecule has 1 aromatic rings. The lowest BCUT2D eigenvalue weighted by Crippen LogP contribution is -2.49. The predicted molar refractivity (Wildman–Crippen MR) is 116 cm³/mol. The average molecular weight is 406 g/mol. The maximum absolute atomic E-state index is 12.3. The summed E-state index contributed by atoms with van der Waals surface area (Å²) >= 11 is 1.90. The number of hydrogen-bond donors (Lipinski definition) is 0. The van der Waals surface area contributed by atoms with Gasteiger partial charge in [0.1, 0.15) is 0 Å². The van der Waals surface area contributed by atoms with Crippen molar-refractivity contribution in [2.24, 2.45) is 0 Å². The zero-order valence-electron chi connectivity index (χ0n) is 17.3. The van der Waals surface area contributed by atoms with Gasteiger partial charge in [0.2, 0.25) is 0 Å². The number of thioether (sulfide) groups is 1. The number of piperazine rings is 1. The van der Waals surface area contributed by atoms with Crippen molar-refractivity contribution < 1.29 is 0 Å². The van der Waals surface area contributed by atoms with E-state index in [-0.39, 0.29) is 5.56 Å². The first-order chi connectivity index (χ1) is 13.7. The minimum absolute atomic E-state index is 0.0662. The van der Waals surface area contributed by atoms with Crippen molar-refractivity contribution in [3.8, 4) is 0 Å². The first-order valence-corrected chi connectivity index (χ1v) is 12.2. The molecule has 3 aliphatic heterocycles. The summed E-state index contributed by atoms with van der Waals surface area (Å²) in [6.07, 6.45) is 6.45. The maximum atomic E-state index is 12.3. The molecule has 28 heavy (non-hydrogen) atoms. The van der Waals surface area contributed by atoms with E-state index < -0.39 is 0 Å². The summed E-state index contributed by atoms with van der Waals surface area (Å²) in [5.41, 5.74) is 2.35. The van der Waals surface area contributed by atoms with Crippen LogP contribution in [-0.4, -0.2) is 89.1 Å². The summed E-state index contributed by atoms with van der Waals surface area (Å²) in [4.78, 5) is 20.0. The molecule has 4 heterocycles. The normalized spacial score (nSPS) is 25.0. The lowest BCUT2D eigenvalue weighted by atomic mass is 10.00. The molecule has 0 bridgehead atoms. The predicted octanol–water partition coefficient (Wildman–Crippen LogP) is 1.52. The Kier molecular flexibility index (Phi) is 7.09. The summed E-state index contributed by atoms with van der Waals surface area (Å²) in [7, 11) is 2.29. The highest BCUT2D eigenvalue weighted by molar-refractivity contribution is 7.98. The summed E-state index contributed by atoms with van der Waals surface area (Å²) in [5, 5.41) is 4.65. The third-order valence-electron chi connectivity index (χ3n) is 6.70. The van der Waals surface area contributed by atoms with Crippen molar-refractivity contribution in [2.75, 3.05) is 58.6 Å². The molecule has 2 fully saturated rings. The summed E-state index contributed by atoms with van der Waals surface area (Å²) < 4.78 is 1.69. The van der Waals surface area contributed by atoms with Gasteiger partial charge in [-0.1, -0.05) is 6.42 Å². The number of aryl methyl sites for hydroxylation is 1. The van der Waals surface area contributed by atoms with Gasteiger partial charge in [-0.25, -0.2) is 4.68 Å². The summed E-state index contributed by atoms with van der Waals surface area (Å²) in [6, 6.07) is 2.60. The van der Waals surface area contributed by atoms with Gasteiger partial charge in [-0.05, 0) is 50.7 Å². The van der Waals surface area contributed by atoms with Crippen LogP contribution in [0.15, 0.2) is 10.9 Å². The monoisotopic (exact) mass is 405 g/mol. The Labute approximate surface area is 173 Å². The van der Waals surface area contributed by atoms with E-state index in [1.54, 1.807) is 4.68 Å². The first-order valence-electron chi connectivity index (χ1n) is 11.0. The van der Waals surface area contributed by atoms with Crippen molar-refractivity contribution in [3.05, 3.63) is 27.7 Å². The van der Waals surface area contributed by atoms with Crippen LogP contribution >= 0.6 is 11.8 Å². The van der Waals surface area contributed by atoms with E-state index in [1.807, 2.05) is 17.8 Å². The Morgan fingerprint density at radius 3 is 2.64 bits per heavy atom. The molecule has 2 saturated heterocycles. The molecule has 156 valence electrons. The Bertz CT molecular complexity index is 701. The number of aromatic nitrogens is 2. The SMILES string of the molecule is CN1CCCCC1CCN1CCN(CCn2nc3c(cc2=O)CSCC3)CC1. The van der Waals surface area contributed by atoms with Crippen LogP contribution in [0.4, 0.5) is 0 Å². The maximum Gasteiger partial charge on any atom is 0.267 e.